The molecule has 0 radical (unpaired) electrons. The summed E-state index contributed by atoms with van der Waals surface area (Å²) in [4.78, 5) is 61.0. The topological polar surface area (TPSA) is 144 Å². The van der Waals surface area contributed by atoms with E-state index >= 15 is 0 Å². The molecule has 0 bridgehead atoms. The summed E-state index contributed by atoms with van der Waals surface area (Å²) in [7, 11) is 4.81. The first kappa shape index (κ1) is 34.0. The molecule has 0 atom stereocenters. The summed E-state index contributed by atoms with van der Waals surface area (Å²) in [6.07, 6.45) is 1.91. The molecule has 0 spiro atoms. The van der Waals surface area contributed by atoms with Crippen LogP contribution in [-0.2, 0) is 20.6 Å². The number of rotatable bonds is 9. The summed E-state index contributed by atoms with van der Waals surface area (Å²) >= 11 is 0. The van der Waals surface area contributed by atoms with Crippen LogP contribution in [0.4, 0.5) is 21.6 Å². The maximum atomic E-state index is 14.1. The third kappa shape index (κ3) is 7.35. The van der Waals surface area contributed by atoms with Crippen molar-refractivity contribution in [2.24, 2.45) is 14.1 Å². The van der Waals surface area contributed by atoms with E-state index in [1.54, 1.807) is 58.3 Å². The van der Waals surface area contributed by atoms with Gasteiger partial charge in [-0.25, -0.2) is 9.97 Å². The number of aryl methyl sites for hydroxylation is 4. The molecule has 0 aliphatic carbocycles. The first-order valence-electron chi connectivity index (χ1n) is 14.8. The Morgan fingerprint density at radius 3 is 2.32 bits per heavy atom. The van der Waals surface area contributed by atoms with Crippen molar-refractivity contribution in [1.29, 1.82) is 0 Å². The fourth-order valence-corrected chi connectivity index (χ4v) is 4.93. The Kier molecular flexibility index (Phi) is 10.5. The van der Waals surface area contributed by atoms with Crippen molar-refractivity contribution in [3.05, 3.63) is 111 Å². The predicted octanol–water partition coefficient (Wildman–Crippen LogP) is 5.51. The van der Waals surface area contributed by atoms with Crippen LogP contribution >= 0.6 is 0 Å². The molecule has 2 amide bonds. The Morgan fingerprint density at radius 2 is 1.72 bits per heavy atom. The van der Waals surface area contributed by atoms with Crippen LogP contribution in [0.1, 0.15) is 62.1 Å². The number of hydrogen-bond acceptors (Lipinski definition) is 8. The van der Waals surface area contributed by atoms with E-state index in [0.717, 1.165) is 10.3 Å². The lowest BCUT2D eigenvalue weighted by atomic mass is 10.0. The lowest BCUT2D eigenvalue weighted by Gasteiger charge is -2.22. The summed E-state index contributed by atoms with van der Waals surface area (Å²) in [5.74, 6) is -1.60. The van der Waals surface area contributed by atoms with Crippen LogP contribution in [0.2, 0.25) is 0 Å². The van der Waals surface area contributed by atoms with Crippen LogP contribution in [0.3, 0.4) is 0 Å². The normalized spacial score (nSPS) is 10.6. The number of aromatic nitrogens is 4. The number of nitrogens with zero attached hydrogens (tertiary/aromatic N) is 5. The quantitative estimate of drug-likeness (QED) is 0.201. The number of imidazole rings is 1. The van der Waals surface area contributed by atoms with Gasteiger partial charge in [0.2, 0.25) is 5.95 Å². The summed E-state index contributed by atoms with van der Waals surface area (Å²) in [5.41, 5.74) is 3.38. The van der Waals surface area contributed by atoms with Crippen molar-refractivity contribution < 1.29 is 23.3 Å². The number of halogens is 1. The maximum absolute atomic E-state index is 14.1. The zero-order chi connectivity index (χ0) is 34.4. The van der Waals surface area contributed by atoms with Gasteiger partial charge in [-0.05, 0) is 55.8 Å². The van der Waals surface area contributed by atoms with Crippen molar-refractivity contribution in [1.82, 2.24) is 19.3 Å². The number of aldehydes is 1. The molecule has 5 aromatic rings. The van der Waals surface area contributed by atoms with E-state index in [0.29, 0.717) is 45.7 Å². The highest BCUT2D eigenvalue weighted by molar-refractivity contribution is 6.07. The monoisotopic (exact) mass is 641 g/mol. The van der Waals surface area contributed by atoms with Crippen LogP contribution in [0, 0.1) is 19.8 Å². The lowest BCUT2D eigenvalue weighted by Crippen LogP contribution is -2.24. The molecule has 0 aliphatic rings. The smallest absolute Gasteiger partial charge is 0.290 e. The Labute approximate surface area is 270 Å². The average molecular weight is 642 g/mol. The lowest BCUT2D eigenvalue weighted by molar-refractivity contribution is 0.101. The van der Waals surface area contributed by atoms with Gasteiger partial charge in [-0.1, -0.05) is 32.0 Å². The molecule has 0 aliphatic heterocycles. The highest BCUT2D eigenvalue weighted by atomic mass is 19.1. The van der Waals surface area contributed by atoms with Crippen LogP contribution in [0.5, 0.6) is 0 Å². The Balaban J connectivity index is 0.00000245. The average Bonchev–Trinajstić information content (AvgIpc) is 3.52. The Hall–Kier alpha value is -5.85. The molecular weight excluding hydrogens is 605 g/mol. The largest absolute Gasteiger partial charge is 0.381 e. The number of benzene rings is 2. The number of pyridine rings is 1. The highest BCUT2D eigenvalue weighted by Crippen LogP contribution is 2.26. The van der Waals surface area contributed by atoms with Crippen LogP contribution in [0.15, 0.2) is 70.2 Å². The van der Waals surface area contributed by atoms with Gasteiger partial charge in [0.1, 0.15) is 11.5 Å². The number of carbonyl (C=O) groups excluding carboxylic acids is 3. The van der Waals surface area contributed by atoms with Crippen LogP contribution < -0.4 is 21.1 Å². The third-order valence-electron chi connectivity index (χ3n) is 7.23. The van der Waals surface area contributed by atoms with Crippen LogP contribution in [-0.4, -0.2) is 44.4 Å². The molecule has 5 rings (SSSR count). The van der Waals surface area contributed by atoms with Crippen molar-refractivity contribution in [2.45, 2.75) is 34.2 Å². The third-order valence-corrected chi connectivity index (χ3v) is 7.23. The fraction of sp³-hybridized carbons (Fsp3) is 0.235. The van der Waals surface area contributed by atoms with E-state index in [4.69, 9.17) is 4.52 Å². The highest BCUT2D eigenvalue weighted by Gasteiger charge is 2.21. The van der Waals surface area contributed by atoms with Crippen molar-refractivity contribution in [3.63, 3.8) is 0 Å². The van der Waals surface area contributed by atoms with Crippen molar-refractivity contribution >= 4 is 35.3 Å². The van der Waals surface area contributed by atoms with E-state index in [1.165, 1.54) is 30.2 Å². The molecule has 47 heavy (non-hydrogen) atoms. The molecule has 3 heterocycles. The Morgan fingerprint density at radius 1 is 1.02 bits per heavy atom. The van der Waals surface area contributed by atoms with Crippen LogP contribution in [0.25, 0.3) is 11.1 Å². The zero-order valence-electron chi connectivity index (χ0n) is 27.2. The number of nitrogens with one attached hydrogen (secondary N) is 2. The molecule has 2 aromatic carbocycles. The van der Waals surface area contributed by atoms with Gasteiger partial charge in [-0.2, -0.15) is 9.13 Å². The number of anilines is 3. The minimum absolute atomic E-state index is 0.0449. The summed E-state index contributed by atoms with van der Waals surface area (Å²) in [6.45, 7) is 7.57. The van der Waals surface area contributed by atoms with Gasteiger partial charge >= 0.3 is 0 Å². The molecule has 12 nitrogen and oxygen atoms in total. The van der Waals surface area contributed by atoms with Crippen molar-refractivity contribution in [3.8, 4) is 11.1 Å². The summed E-state index contributed by atoms with van der Waals surface area (Å²) in [5, 5.41) is 5.16. The molecule has 0 saturated carbocycles. The first-order chi connectivity index (χ1) is 22.5. The van der Waals surface area contributed by atoms with Gasteiger partial charge in [-0.15, -0.1) is 0 Å². The molecule has 0 fully saturated rings. The van der Waals surface area contributed by atoms with Gasteiger partial charge in [0.25, 0.3) is 17.4 Å². The Bertz CT molecular complexity index is 1990. The van der Waals surface area contributed by atoms with E-state index in [-0.39, 0.29) is 29.2 Å². The predicted molar refractivity (Wildman–Crippen MR) is 177 cm³/mol. The standard InChI is InChI=1S/C32H30FN7O5.C2H6/c1-18-13-22(16-41)25(15-38(3)24-11-9-20(10-12-24)26-19(2)45-40(5)32(26)44)27(35-18)31(43)36-23-8-6-7-21(14-23)30(42)37-29-28(33)39(4)17-34-29;1-2/h6-14,16-17H,15H2,1-5H3,(H,36,43)(H,37,42);1-2H3. The van der Waals surface area contributed by atoms with E-state index < -0.39 is 17.8 Å². The fourth-order valence-electron chi connectivity index (χ4n) is 4.93. The van der Waals surface area contributed by atoms with Gasteiger partial charge in [0.15, 0.2) is 12.1 Å². The zero-order valence-corrected chi connectivity index (χ0v) is 27.2. The minimum Gasteiger partial charge on any atom is -0.381 e. The van der Waals surface area contributed by atoms with E-state index in [1.807, 2.05) is 30.9 Å². The molecule has 3 aromatic heterocycles. The number of amides is 2. The van der Waals surface area contributed by atoms with Gasteiger partial charge in [0, 0.05) is 61.4 Å². The molecule has 0 unspecified atom stereocenters. The number of carbonyl (C=O) groups is 3. The maximum Gasteiger partial charge on any atom is 0.290 e. The minimum atomic E-state index is -0.698. The van der Waals surface area contributed by atoms with E-state index in [2.05, 4.69) is 20.6 Å². The molecule has 0 saturated heterocycles. The molecule has 244 valence electrons. The molecular formula is C34H36FN7O5. The van der Waals surface area contributed by atoms with Gasteiger partial charge in [0.05, 0.1) is 11.9 Å². The van der Waals surface area contributed by atoms with Gasteiger partial charge in [-0.3, -0.25) is 19.2 Å². The van der Waals surface area contributed by atoms with E-state index in [9.17, 15) is 23.6 Å². The molecule has 2 N–H and O–H groups in total. The first-order valence-corrected chi connectivity index (χ1v) is 14.8. The van der Waals surface area contributed by atoms with Crippen molar-refractivity contribution in [2.75, 3.05) is 22.6 Å². The number of hydrogen-bond donors (Lipinski definition) is 2. The molecule has 13 heteroatoms. The second kappa shape index (κ2) is 14.5. The summed E-state index contributed by atoms with van der Waals surface area (Å²) in [6, 6.07) is 15.0. The second-order valence-corrected chi connectivity index (χ2v) is 10.5. The van der Waals surface area contributed by atoms with Gasteiger partial charge < -0.3 is 24.6 Å². The SMILES string of the molecule is CC.Cc1cc(C=O)c(CN(C)c2ccc(-c3c(C)on(C)c3=O)cc2)c(C(=O)Nc2cccc(C(=O)Nc3ncn(C)c3F)c2)n1. The summed E-state index contributed by atoms with van der Waals surface area (Å²) < 4.78 is 21.8. The second-order valence-electron chi connectivity index (χ2n) is 10.5.